The molecule has 1 fully saturated rings. The van der Waals surface area contributed by atoms with Crippen LogP contribution in [0.1, 0.15) is 24.8 Å². The van der Waals surface area contributed by atoms with E-state index in [9.17, 15) is 18.0 Å². The summed E-state index contributed by atoms with van der Waals surface area (Å²) in [5.41, 5.74) is 0.996. The smallest absolute Gasteiger partial charge is 0.223 e. The second kappa shape index (κ2) is 9.70. The van der Waals surface area contributed by atoms with Crippen LogP contribution in [0.25, 0.3) is 0 Å². The van der Waals surface area contributed by atoms with Crippen molar-refractivity contribution < 1.29 is 22.7 Å². The van der Waals surface area contributed by atoms with Crippen molar-refractivity contribution in [2.75, 3.05) is 33.0 Å². The number of carbonyl (C=O) groups excluding carboxylic acids is 2. The molecule has 2 rings (SSSR count). The standard InChI is InChI=1S/C18H27N3O5S/c1-26-16-5-3-14(4-6-16)13-19-18(23)15-8-11-21(12-9-15)17(22)7-10-20-27(2,24)25/h3-6,15,20H,7-13H2,1-2H3,(H,19,23). The van der Waals surface area contributed by atoms with E-state index in [-0.39, 0.29) is 30.7 Å². The molecule has 2 N–H and O–H groups in total. The lowest BCUT2D eigenvalue weighted by Gasteiger charge is -2.31. The molecule has 0 atom stereocenters. The first-order valence-corrected chi connectivity index (χ1v) is 10.8. The van der Waals surface area contributed by atoms with E-state index in [0.29, 0.717) is 32.5 Å². The highest BCUT2D eigenvalue weighted by Gasteiger charge is 2.27. The van der Waals surface area contributed by atoms with Gasteiger partial charge >= 0.3 is 0 Å². The van der Waals surface area contributed by atoms with Crippen molar-refractivity contribution in [2.24, 2.45) is 5.92 Å². The fourth-order valence-corrected chi connectivity index (χ4v) is 3.44. The monoisotopic (exact) mass is 397 g/mol. The summed E-state index contributed by atoms with van der Waals surface area (Å²) in [6.07, 6.45) is 2.41. The first kappa shape index (κ1) is 21.2. The number of hydrogen-bond donors (Lipinski definition) is 2. The molecular formula is C18H27N3O5S. The number of ether oxygens (including phenoxy) is 1. The highest BCUT2D eigenvalue weighted by molar-refractivity contribution is 7.88. The van der Waals surface area contributed by atoms with Gasteiger partial charge in [0.05, 0.1) is 13.4 Å². The van der Waals surface area contributed by atoms with Crippen LogP contribution in [-0.2, 0) is 26.2 Å². The molecule has 1 aromatic carbocycles. The Kier molecular flexibility index (Phi) is 7.61. The summed E-state index contributed by atoms with van der Waals surface area (Å²) < 4.78 is 29.5. The number of piperidine rings is 1. The highest BCUT2D eigenvalue weighted by atomic mass is 32.2. The molecule has 0 aromatic heterocycles. The van der Waals surface area contributed by atoms with Gasteiger partial charge in [-0.1, -0.05) is 12.1 Å². The maximum Gasteiger partial charge on any atom is 0.223 e. The Bertz CT molecular complexity index is 741. The van der Waals surface area contributed by atoms with Gasteiger partial charge in [-0.2, -0.15) is 0 Å². The first-order chi connectivity index (χ1) is 12.8. The molecular weight excluding hydrogens is 370 g/mol. The third-order valence-corrected chi connectivity index (χ3v) is 5.28. The van der Waals surface area contributed by atoms with E-state index in [1.807, 2.05) is 24.3 Å². The Morgan fingerprint density at radius 1 is 1.19 bits per heavy atom. The predicted octanol–water partition coefficient (Wildman–Crippen LogP) is 0.489. The summed E-state index contributed by atoms with van der Waals surface area (Å²) in [6.45, 7) is 1.58. The van der Waals surface area contributed by atoms with Crippen LogP contribution in [0.4, 0.5) is 0 Å². The first-order valence-electron chi connectivity index (χ1n) is 8.91. The maximum atomic E-state index is 12.3. The minimum atomic E-state index is -3.28. The zero-order chi connectivity index (χ0) is 19.9. The third-order valence-electron chi connectivity index (χ3n) is 4.55. The van der Waals surface area contributed by atoms with Crippen LogP contribution in [0.5, 0.6) is 5.75 Å². The lowest BCUT2D eigenvalue weighted by molar-refractivity contribution is -0.135. The van der Waals surface area contributed by atoms with E-state index in [2.05, 4.69) is 10.0 Å². The topological polar surface area (TPSA) is 105 Å². The normalized spacial score (nSPS) is 15.4. The number of methoxy groups -OCH3 is 1. The van der Waals surface area contributed by atoms with Crippen molar-refractivity contribution in [3.63, 3.8) is 0 Å². The second-order valence-electron chi connectivity index (χ2n) is 6.64. The number of benzene rings is 1. The highest BCUT2D eigenvalue weighted by Crippen LogP contribution is 2.18. The van der Waals surface area contributed by atoms with Crippen molar-refractivity contribution in [2.45, 2.75) is 25.8 Å². The van der Waals surface area contributed by atoms with Crippen LogP contribution in [0.15, 0.2) is 24.3 Å². The van der Waals surface area contributed by atoms with Crippen LogP contribution in [0.2, 0.25) is 0 Å². The molecule has 8 nitrogen and oxygen atoms in total. The van der Waals surface area contributed by atoms with Gasteiger partial charge < -0.3 is 15.0 Å². The molecule has 1 aliphatic rings. The van der Waals surface area contributed by atoms with Gasteiger partial charge in [0.2, 0.25) is 21.8 Å². The summed E-state index contributed by atoms with van der Waals surface area (Å²) in [5.74, 6) is 0.565. The maximum absolute atomic E-state index is 12.3. The molecule has 0 spiro atoms. The van der Waals surface area contributed by atoms with Gasteiger partial charge in [0.1, 0.15) is 5.75 Å². The van der Waals surface area contributed by atoms with Crippen LogP contribution in [0.3, 0.4) is 0 Å². The quantitative estimate of drug-likeness (QED) is 0.664. The van der Waals surface area contributed by atoms with E-state index in [1.54, 1.807) is 12.0 Å². The number of nitrogens with one attached hydrogen (secondary N) is 2. The number of likely N-dealkylation sites (tertiary alicyclic amines) is 1. The molecule has 0 bridgehead atoms. The number of amides is 2. The second-order valence-corrected chi connectivity index (χ2v) is 8.47. The summed E-state index contributed by atoms with van der Waals surface area (Å²) in [7, 11) is -1.68. The van der Waals surface area contributed by atoms with Crippen molar-refractivity contribution in [1.82, 2.24) is 14.9 Å². The predicted molar refractivity (Wildman–Crippen MR) is 102 cm³/mol. The largest absolute Gasteiger partial charge is 0.497 e. The van der Waals surface area contributed by atoms with Crippen molar-refractivity contribution in [1.29, 1.82) is 0 Å². The Morgan fingerprint density at radius 2 is 1.81 bits per heavy atom. The molecule has 1 aromatic rings. The number of hydrogen-bond acceptors (Lipinski definition) is 5. The van der Waals surface area contributed by atoms with Crippen LogP contribution in [0, 0.1) is 5.92 Å². The Balaban J connectivity index is 1.70. The minimum Gasteiger partial charge on any atom is -0.497 e. The van der Waals surface area contributed by atoms with E-state index >= 15 is 0 Å². The van der Waals surface area contributed by atoms with Crippen molar-refractivity contribution >= 4 is 21.8 Å². The van der Waals surface area contributed by atoms with Gasteiger partial charge in [0.15, 0.2) is 0 Å². The van der Waals surface area contributed by atoms with Crippen LogP contribution in [-0.4, -0.2) is 58.1 Å². The summed E-state index contributed by atoms with van der Waals surface area (Å²) >= 11 is 0. The van der Waals surface area contributed by atoms with E-state index < -0.39 is 10.0 Å². The number of sulfonamides is 1. The zero-order valence-electron chi connectivity index (χ0n) is 15.7. The van der Waals surface area contributed by atoms with E-state index in [1.165, 1.54) is 0 Å². The Labute approximate surface area is 160 Å². The lowest BCUT2D eigenvalue weighted by atomic mass is 9.95. The molecule has 0 saturated carbocycles. The molecule has 2 amide bonds. The molecule has 0 radical (unpaired) electrons. The molecule has 9 heteroatoms. The molecule has 0 unspecified atom stereocenters. The fraction of sp³-hybridized carbons (Fsp3) is 0.556. The van der Waals surface area contributed by atoms with Gasteiger partial charge in [-0.15, -0.1) is 0 Å². The Hall–Kier alpha value is -2.13. The number of rotatable bonds is 8. The zero-order valence-corrected chi connectivity index (χ0v) is 16.5. The molecule has 150 valence electrons. The van der Waals surface area contributed by atoms with Crippen molar-refractivity contribution in [3.05, 3.63) is 29.8 Å². The molecule has 27 heavy (non-hydrogen) atoms. The van der Waals surface area contributed by atoms with Gasteiger partial charge in [-0.3, -0.25) is 9.59 Å². The van der Waals surface area contributed by atoms with Gasteiger partial charge in [0, 0.05) is 38.5 Å². The number of carbonyl (C=O) groups is 2. The van der Waals surface area contributed by atoms with Gasteiger partial charge in [0.25, 0.3) is 0 Å². The average molecular weight is 397 g/mol. The molecule has 0 aliphatic carbocycles. The SMILES string of the molecule is COc1ccc(CNC(=O)C2CCN(C(=O)CCNS(C)(=O)=O)CC2)cc1. The van der Waals surface area contributed by atoms with E-state index in [4.69, 9.17) is 4.74 Å². The summed E-state index contributed by atoms with van der Waals surface area (Å²) in [5, 5.41) is 2.94. The van der Waals surface area contributed by atoms with Gasteiger partial charge in [-0.05, 0) is 30.5 Å². The minimum absolute atomic E-state index is 0.00309. The van der Waals surface area contributed by atoms with Gasteiger partial charge in [-0.25, -0.2) is 13.1 Å². The van der Waals surface area contributed by atoms with Crippen molar-refractivity contribution in [3.8, 4) is 5.75 Å². The lowest BCUT2D eigenvalue weighted by Crippen LogP contribution is -2.43. The summed E-state index contributed by atoms with van der Waals surface area (Å²) in [6, 6.07) is 7.52. The fourth-order valence-electron chi connectivity index (χ4n) is 2.97. The molecule has 1 aliphatic heterocycles. The average Bonchev–Trinajstić information content (AvgIpc) is 2.65. The van der Waals surface area contributed by atoms with Crippen LogP contribution >= 0.6 is 0 Å². The van der Waals surface area contributed by atoms with E-state index in [0.717, 1.165) is 17.6 Å². The molecule has 1 heterocycles. The third kappa shape index (κ3) is 7.18. The summed E-state index contributed by atoms with van der Waals surface area (Å²) in [4.78, 5) is 26.1. The molecule has 1 saturated heterocycles. The van der Waals surface area contributed by atoms with Crippen LogP contribution < -0.4 is 14.8 Å². The Morgan fingerprint density at radius 3 is 2.37 bits per heavy atom. The number of nitrogens with zero attached hydrogens (tertiary/aromatic N) is 1.